The Bertz CT molecular complexity index is 945. The topological polar surface area (TPSA) is 31.4 Å². The predicted molar refractivity (Wildman–Crippen MR) is 102 cm³/mol. The van der Waals surface area contributed by atoms with Crippen LogP contribution in [0.25, 0.3) is 11.3 Å². The first kappa shape index (κ1) is 17.0. The molecule has 1 aliphatic rings. The standard InChI is InChI=1S/C21H20FNO2S/c1-13-19(17-9-8-16(24-2)12-18(17)25-3)23-20(26-13)21(10-11-21)14-4-6-15(22)7-5-14/h4-9,12H,10-11H2,1-3H3. The normalized spacial score (nSPS) is 14.9. The maximum Gasteiger partial charge on any atom is 0.131 e. The average molecular weight is 369 g/mol. The third-order valence-electron chi connectivity index (χ3n) is 5.02. The number of thiazole rings is 1. The zero-order valence-electron chi connectivity index (χ0n) is 15.0. The molecule has 0 amide bonds. The molecule has 0 spiro atoms. The van der Waals surface area contributed by atoms with Gasteiger partial charge in [0.25, 0.3) is 0 Å². The van der Waals surface area contributed by atoms with Crippen molar-refractivity contribution in [1.82, 2.24) is 4.98 Å². The van der Waals surface area contributed by atoms with Gasteiger partial charge < -0.3 is 9.47 Å². The molecule has 26 heavy (non-hydrogen) atoms. The summed E-state index contributed by atoms with van der Waals surface area (Å²) in [5, 5.41) is 1.09. The molecule has 1 aromatic heterocycles. The molecule has 1 heterocycles. The second kappa shape index (κ2) is 6.40. The zero-order valence-corrected chi connectivity index (χ0v) is 15.8. The lowest BCUT2D eigenvalue weighted by Gasteiger charge is -2.12. The van der Waals surface area contributed by atoms with Crippen LogP contribution in [0.15, 0.2) is 42.5 Å². The van der Waals surface area contributed by atoms with Gasteiger partial charge in [0, 0.05) is 21.9 Å². The monoisotopic (exact) mass is 369 g/mol. The fourth-order valence-electron chi connectivity index (χ4n) is 3.37. The Morgan fingerprint density at radius 3 is 2.38 bits per heavy atom. The van der Waals surface area contributed by atoms with E-state index >= 15 is 0 Å². The van der Waals surface area contributed by atoms with Crippen LogP contribution in [-0.2, 0) is 5.41 Å². The first-order valence-corrected chi connectivity index (χ1v) is 9.35. The minimum Gasteiger partial charge on any atom is -0.497 e. The van der Waals surface area contributed by atoms with Crippen molar-refractivity contribution in [3.63, 3.8) is 0 Å². The van der Waals surface area contributed by atoms with E-state index in [0.717, 1.165) is 51.0 Å². The van der Waals surface area contributed by atoms with E-state index in [1.54, 1.807) is 25.6 Å². The molecule has 4 rings (SSSR count). The van der Waals surface area contributed by atoms with E-state index in [4.69, 9.17) is 14.5 Å². The van der Waals surface area contributed by atoms with Gasteiger partial charge in [-0.25, -0.2) is 9.37 Å². The van der Waals surface area contributed by atoms with Crippen molar-refractivity contribution in [2.45, 2.75) is 25.2 Å². The molecule has 134 valence electrons. The summed E-state index contributed by atoms with van der Waals surface area (Å²) in [7, 11) is 3.29. The number of halogens is 1. The maximum absolute atomic E-state index is 13.3. The van der Waals surface area contributed by atoms with Crippen LogP contribution < -0.4 is 9.47 Å². The Hall–Kier alpha value is -2.40. The highest BCUT2D eigenvalue weighted by molar-refractivity contribution is 7.12. The fourth-order valence-corrected chi connectivity index (χ4v) is 4.56. The predicted octanol–water partition coefficient (Wildman–Crippen LogP) is 5.35. The number of rotatable bonds is 5. The lowest BCUT2D eigenvalue weighted by atomic mass is 9.96. The van der Waals surface area contributed by atoms with Crippen molar-refractivity contribution in [2.75, 3.05) is 14.2 Å². The van der Waals surface area contributed by atoms with Crippen molar-refractivity contribution >= 4 is 11.3 Å². The number of aryl methyl sites for hydroxylation is 1. The van der Waals surface area contributed by atoms with Crippen molar-refractivity contribution in [3.8, 4) is 22.8 Å². The summed E-state index contributed by atoms with van der Waals surface area (Å²) < 4.78 is 24.1. The van der Waals surface area contributed by atoms with Crippen LogP contribution in [0.3, 0.4) is 0 Å². The molecule has 1 saturated carbocycles. The molecule has 0 N–H and O–H groups in total. The number of ether oxygens (including phenoxy) is 2. The van der Waals surface area contributed by atoms with Gasteiger partial charge in [-0.05, 0) is 49.6 Å². The summed E-state index contributed by atoms with van der Waals surface area (Å²) in [6.45, 7) is 2.08. The number of hydrogen-bond donors (Lipinski definition) is 0. The van der Waals surface area contributed by atoms with Gasteiger partial charge >= 0.3 is 0 Å². The molecule has 0 atom stereocenters. The summed E-state index contributed by atoms with van der Waals surface area (Å²) >= 11 is 1.72. The van der Waals surface area contributed by atoms with E-state index in [1.165, 1.54) is 12.1 Å². The third-order valence-corrected chi connectivity index (χ3v) is 6.19. The van der Waals surface area contributed by atoms with Crippen LogP contribution in [0.1, 0.15) is 28.3 Å². The molecule has 1 aliphatic carbocycles. The van der Waals surface area contributed by atoms with E-state index in [1.807, 2.05) is 30.3 Å². The van der Waals surface area contributed by atoms with Crippen molar-refractivity contribution < 1.29 is 13.9 Å². The molecule has 5 heteroatoms. The number of aromatic nitrogens is 1. The van der Waals surface area contributed by atoms with Crippen molar-refractivity contribution in [3.05, 3.63) is 63.7 Å². The summed E-state index contributed by atoms with van der Waals surface area (Å²) in [6, 6.07) is 12.6. The molecular formula is C21H20FNO2S. The maximum atomic E-state index is 13.3. The molecule has 3 aromatic rings. The summed E-state index contributed by atoms with van der Waals surface area (Å²) in [5.74, 6) is 1.29. The summed E-state index contributed by atoms with van der Waals surface area (Å²) in [4.78, 5) is 6.13. The largest absolute Gasteiger partial charge is 0.497 e. The zero-order chi connectivity index (χ0) is 18.3. The van der Waals surface area contributed by atoms with Crippen molar-refractivity contribution in [1.29, 1.82) is 0 Å². The Morgan fingerprint density at radius 2 is 1.77 bits per heavy atom. The van der Waals surface area contributed by atoms with Gasteiger partial charge in [0.2, 0.25) is 0 Å². The Labute approximate surface area is 156 Å². The lowest BCUT2D eigenvalue weighted by Crippen LogP contribution is -2.08. The van der Waals surface area contributed by atoms with Crippen LogP contribution in [0.5, 0.6) is 11.5 Å². The van der Waals surface area contributed by atoms with E-state index in [0.29, 0.717) is 0 Å². The van der Waals surface area contributed by atoms with E-state index in [-0.39, 0.29) is 11.2 Å². The molecule has 2 aromatic carbocycles. The van der Waals surface area contributed by atoms with E-state index in [2.05, 4.69) is 6.92 Å². The quantitative estimate of drug-likeness (QED) is 0.607. The van der Waals surface area contributed by atoms with E-state index in [9.17, 15) is 4.39 Å². The highest BCUT2D eigenvalue weighted by Gasteiger charge is 2.48. The van der Waals surface area contributed by atoms with Gasteiger partial charge in [-0.1, -0.05) is 12.1 Å². The lowest BCUT2D eigenvalue weighted by molar-refractivity contribution is 0.395. The van der Waals surface area contributed by atoms with Gasteiger partial charge in [-0.15, -0.1) is 11.3 Å². The smallest absolute Gasteiger partial charge is 0.131 e. The first-order valence-electron chi connectivity index (χ1n) is 8.54. The molecule has 0 saturated heterocycles. The summed E-state index contributed by atoms with van der Waals surface area (Å²) in [5.41, 5.74) is 2.98. The first-order chi connectivity index (χ1) is 12.6. The molecule has 0 radical (unpaired) electrons. The van der Waals surface area contributed by atoms with Gasteiger partial charge in [-0.3, -0.25) is 0 Å². The van der Waals surface area contributed by atoms with Gasteiger partial charge in [0.15, 0.2) is 0 Å². The molecule has 0 bridgehead atoms. The SMILES string of the molecule is COc1ccc(-c2nc(C3(c4ccc(F)cc4)CC3)sc2C)c(OC)c1. The van der Waals surface area contributed by atoms with Crippen LogP contribution >= 0.6 is 11.3 Å². The highest BCUT2D eigenvalue weighted by atomic mass is 32.1. The molecule has 0 aliphatic heterocycles. The van der Waals surface area contributed by atoms with Gasteiger partial charge in [-0.2, -0.15) is 0 Å². The van der Waals surface area contributed by atoms with Crippen LogP contribution in [-0.4, -0.2) is 19.2 Å². The summed E-state index contributed by atoms with van der Waals surface area (Å²) in [6.07, 6.45) is 2.09. The Morgan fingerprint density at radius 1 is 1.04 bits per heavy atom. The van der Waals surface area contributed by atoms with Crippen LogP contribution in [0, 0.1) is 12.7 Å². The Balaban J connectivity index is 1.76. The van der Waals surface area contributed by atoms with E-state index < -0.39 is 0 Å². The van der Waals surface area contributed by atoms with Crippen molar-refractivity contribution in [2.24, 2.45) is 0 Å². The number of nitrogens with zero attached hydrogens (tertiary/aromatic N) is 1. The average Bonchev–Trinajstić information content (AvgIpc) is 3.38. The minimum atomic E-state index is -0.205. The fraction of sp³-hybridized carbons (Fsp3) is 0.286. The number of methoxy groups -OCH3 is 2. The molecule has 3 nitrogen and oxygen atoms in total. The van der Waals surface area contributed by atoms with Gasteiger partial charge in [0.05, 0.1) is 19.9 Å². The third kappa shape index (κ3) is 2.76. The molecule has 1 fully saturated rings. The number of hydrogen-bond acceptors (Lipinski definition) is 4. The second-order valence-corrected chi connectivity index (χ2v) is 7.78. The molecular weight excluding hydrogens is 349 g/mol. The second-order valence-electron chi connectivity index (χ2n) is 6.58. The van der Waals surface area contributed by atoms with Crippen LogP contribution in [0.2, 0.25) is 0 Å². The Kier molecular flexibility index (Phi) is 4.19. The van der Waals surface area contributed by atoms with Gasteiger partial charge in [0.1, 0.15) is 22.3 Å². The highest BCUT2D eigenvalue weighted by Crippen LogP contribution is 2.55. The minimum absolute atomic E-state index is 0.0684. The molecule has 0 unspecified atom stereocenters. The number of benzene rings is 2. The van der Waals surface area contributed by atoms with Crippen LogP contribution in [0.4, 0.5) is 4.39 Å².